The van der Waals surface area contributed by atoms with Crippen molar-refractivity contribution in [2.75, 3.05) is 11.1 Å². The Balaban J connectivity index is 1.58. The number of aromatic nitrogens is 3. The van der Waals surface area contributed by atoms with Crippen molar-refractivity contribution in [1.82, 2.24) is 14.6 Å². The lowest BCUT2D eigenvalue weighted by Crippen LogP contribution is -2.33. The average molecular weight is 529 g/mol. The van der Waals surface area contributed by atoms with E-state index in [0.29, 0.717) is 28.6 Å². The Kier molecular flexibility index (Phi) is 6.60. The van der Waals surface area contributed by atoms with Gasteiger partial charge in [-0.15, -0.1) is 10.2 Å². The summed E-state index contributed by atoms with van der Waals surface area (Å²) in [6, 6.07) is 15.8. The van der Waals surface area contributed by atoms with Crippen LogP contribution in [0.2, 0.25) is 0 Å². The van der Waals surface area contributed by atoms with Crippen LogP contribution >= 0.6 is 11.8 Å². The van der Waals surface area contributed by atoms with Crippen molar-refractivity contribution in [3.05, 3.63) is 86.5 Å². The molecule has 5 rings (SSSR count). The number of pyridine rings is 1. The van der Waals surface area contributed by atoms with Gasteiger partial charge in [-0.05, 0) is 38.5 Å². The number of hydrogen-bond donors (Lipinski definition) is 1. The van der Waals surface area contributed by atoms with Crippen molar-refractivity contribution in [1.29, 1.82) is 5.26 Å². The Hall–Kier alpha value is -4.27. The number of hydrogen-bond acceptors (Lipinski definition) is 9. The standard InChI is InChI=1S/C27H24N6O4S/c1-16-7-9-18(10-8-16)29-24-21(13-28)20-12-27(2,3)37-14-22(20)25-30-31-26(32(24)25)38-15-23(34)17-5-4-6-19(11-17)33(35)36/h4-11,29H,12,14-15H2,1-3H3. The average Bonchev–Trinajstić information content (AvgIpc) is 3.32. The first-order valence-electron chi connectivity index (χ1n) is 11.9. The predicted molar refractivity (Wildman–Crippen MR) is 143 cm³/mol. The molecule has 1 aliphatic heterocycles. The minimum Gasteiger partial charge on any atom is -0.370 e. The van der Waals surface area contributed by atoms with E-state index in [1.807, 2.05) is 45.0 Å². The molecule has 0 amide bonds. The molecule has 2 aromatic heterocycles. The number of rotatable bonds is 7. The minimum absolute atomic E-state index is 0.0194. The van der Waals surface area contributed by atoms with Gasteiger partial charge < -0.3 is 10.1 Å². The lowest BCUT2D eigenvalue weighted by molar-refractivity contribution is -0.384. The monoisotopic (exact) mass is 528 g/mol. The highest BCUT2D eigenvalue weighted by atomic mass is 32.2. The lowest BCUT2D eigenvalue weighted by Gasteiger charge is -2.33. The van der Waals surface area contributed by atoms with Crippen LogP contribution in [-0.2, 0) is 17.8 Å². The van der Waals surface area contributed by atoms with Crippen LogP contribution < -0.4 is 5.32 Å². The van der Waals surface area contributed by atoms with Crippen LogP contribution in [0.1, 0.15) is 46.5 Å². The van der Waals surface area contributed by atoms with E-state index in [0.717, 1.165) is 34.1 Å². The molecule has 0 saturated heterocycles. The molecule has 0 fully saturated rings. The van der Waals surface area contributed by atoms with E-state index in [-0.39, 0.29) is 29.4 Å². The summed E-state index contributed by atoms with van der Waals surface area (Å²) in [6.07, 6.45) is 0.533. The Labute approximate surface area is 222 Å². The van der Waals surface area contributed by atoms with Gasteiger partial charge in [0, 0.05) is 35.4 Å². The van der Waals surface area contributed by atoms with Crippen LogP contribution in [0.3, 0.4) is 0 Å². The molecule has 0 bridgehead atoms. The van der Waals surface area contributed by atoms with Gasteiger partial charge in [0.1, 0.15) is 11.9 Å². The molecule has 3 heterocycles. The molecule has 1 N–H and O–H groups in total. The molecule has 4 aromatic rings. The number of benzene rings is 2. The van der Waals surface area contributed by atoms with Gasteiger partial charge in [-0.2, -0.15) is 5.26 Å². The molecule has 0 saturated carbocycles. The summed E-state index contributed by atoms with van der Waals surface area (Å²) in [5.41, 5.74) is 4.21. The molecule has 0 atom stereocenters. The molecular weight excluding hydrogens is 504 g/mol. The maximum Gasteiger partial charge on any atom is 0.270 e. The van der Waals surface area contributed by atoms with Crippen LogP contribution in [0.15, 0.2) is 53.7 Å². The first-order chi connectivity index (χ1) is 18.2. The van der Waals surface area contributed by atoms with E-state index in [4.69, 9.17) is 4.74 Å². The van der Waals surface area contributed by atoms with Crippen LogP contribution in [0.25, 0.3) is 5.65 Å². The summed E-state index contributed by atoms with van der Waals surface area (Å²) in [5.74, 6) is 0.208. The third-order valence-electron chi connectivity index (χ3n) is 6.38. The topological polar surface area (TPSA) is 135 Å². The highest BCUT2D eigenvalue weighted by molar-refractivity contribution is 7.99. The second-order valence-corrected chi connectivity index (χ2v) is 10.6. The van der Waals surface area contributed by atoms with Crippen LogP contribution in [0, 0.1) is 28.4 Å². The largest absolute Gasteiger partial charge is 0.370 e. The van der Waals surface area contributed by atoms with Gasteiger partial charge in [0.15, 0.2) is 16.6 Å². The molecule has 0 spiro atoms. The number of nitrogens with one attached hydrogen (secondary N) is 1. The second kappa shape index (κ2) is 9.89. The van der Waals surface area contributed by atoms with Crippen molar-refractivity contribution in [2.45, 2.75) is 44.6 Å². The normalized spacial score (nSPS) is 14.1. The number of ether oxygens (including phenoxy) is 1. The molecule has 0 radical (unpaired) electrons. The summed E-state index contributed by atoms with van der Waals surface area (Å²) >= 11 is 1.15. The molecule has 0 unspecified atom stereocenters. The number of Topliss-reactive ketones (excluding diaryl/α,β-unsaturated/α-hetero) is 1. The maximum atomic E-state index is 12.9. The molecule has 192 valence electrons. The number of nitriles is 1. The first-order valence-corrected chi connectivity index (χ1v) is 12.9. The Bertz CT molecular complexity index is 1620. The van der Waals surface area contributed by atoms with Gasteiger partial charge in [-0.3, -0.25) is 19.3 Å². The molecular formula is C27H24N6O4S. The van der Waals surface area contributed by atoms with E-state index in [1.165, 1.54) is 18.2 Å². The van der Waals surface area contributed by atoms with Gasteiger partial charge >= 0.3 is 0 Å². The fourth-order valence-electron chi connectivity index (χ4n) is 4.41. The summed E-state index contributed by atoms with van der Waals surface area (Å²) < 4.78 is 7.79. The number of aryl methyl sites for hydroxylation is 1. The zero-order chi connectivity index (χ0) is 27.0. The van der Waals surface area contributed by atoms with Crippen molar-refractivity contribution in [2.24, 2.45) is 0 Å². The Morgan fingerprint density at radius 2 is 2.00 bits per heavy atom. The van der Waals surface area contributed by atoms with Crippen LogP contribution in [0.5, 0.6) is 0 Å². The van der Waals surface area contributed by atoms with Crippen molar-refractivity contribution in [3.63, 3.8) is 0 Å². The quantitative estimate of drug-likeness (QED) is 0.145. The molecule has 2 aromatic carbocycles. The van der Waals surface area contributed by atoms with Crippen molar-refractivity contribution in [3.8, 4) is 6.07 Å². The number of fused-ring (bicyclic) bond motifs is 3. The number of carbonyl (C=O) groups excluding carboxylic acids is 1. The Morgan fingerprint density at radius 1 is 1.24 bits per heavy atom. The lowest BCUT2D eigenvalue weighted by atomic mass is 9.89. The number of nitro benzene ring substituents is 1. The maximum absolute atomic E-state index is 12.9. The van der Waals surface area contributed by atoms with Crippen molar-refractivity contribution < 1.29 is 14.5 Å². The van der Waals surface area contributed by atoms with E-state index in [2.05, 4.69) is 21.6 Å². The van der Waals surface area contributed by atoms with Gasteiger partial charge in [0.05, 0.1) is 28.4 Å². The zero-order valence-corrected chi connectivity index (χ0v) is 21.8. The summed E-state index contributed by atoms with van der Waals surface area (Å²) in [6.45, 7) is 6.25. The molecule has 1 aliphatic rings. The number of anilines is 2. The van der Waals surface area contributed by atoms with E-state index in [9.17, 15) is 20.2 Å². The second-order valence-electron chi connectivity index (χ2n) is 9.67. The Morgan fingerprint density at radius 3 is 2.71 bits per heavy atom. The number of ketones is 1. The van der Waals surface area contributed by atoms with E-state index < -0.39 is 10.5 Å². The van der Waals surface area contributed by atoms with Gasteiger partial charge in [-0.25, -0.2) is 0 Å². The smallest absolute Gasteiger partial charge is 0.270 e. The van der Waals surface area contributed by atoms with E-state index in [1.54, 1.807) is 10.5 Å². The van der Waals surface area contributed by atoms with Gasteiger partial charge in [-0.1, -0.05) is 41.6 Å². The molecule has 11 heteroatoms. The van der Waals surface area contributed by atoms with Gasteiger partial charge in [0.25, 0.3) is 5.69 Å². The predicted octanol–water partition coefficient (Wildman–Crippen LogP) is 5.39. The highest BCUT2D eigenvalue weighted by Gasteiger charge is 2.33. The SMILES string of the molecule is Cc1ccc(Nc2c(C#N)c3c(c4nnc(SCC(=O)c5cccc([N+](=O)[O-])c5)n24)COC(C)(C)C3)cc1. The third kappa shape index (κ3) is 4.83. The van der Waals surface area contributed by atoms with Crippen molar-refractivity contribution >= 4 is 40.4 Å². The zero-order valence-electron chi connectivity index (χ0n) is 21.0. The van der Waals surface area contributed by atoms with Gasteiger partial charge in [0.2, 0.25) is 0 Å². The number of nitro groups is 1. The minimum atomic E-state index is -0.533. The fraction of sp³-hybridized carbons (Fsp3) is 0.259. The summed E-state index contributed by atoms with van der Waals surface area (Å²) in [7, 11) is 0. The number of carbonyl (C=O) groups is 1. The molecule has 0 aliphatic carbocycles. The third-order valence-corrected chi connectivity index (χ3v) is 7.31. The number of non-ortho nitro benzene ring substituents is 1. The number of thioether (sulfide) groups is 1. The summed E-state index contributed by atoms with van der Waals surface area (Å²) in [4.78, 5) is 23.5. The van der Waals surface area contributed by atoms with E-state index >= 15 is 0 Å². The number of nitrogens with zero attached hydrogens (tertiary/aromatic N) is 5. The molecule has 10 nitrogen and oxygen atoms in total. The van der Waals surface area contributed by atoms with Crippen LogP contribution in [0.4, 0.5) is 17.2 Å². The fourth-order valence-corrected chi connectivity index (χ4v) is 5.24. The van der Waals surface area contributed by atoms with Crippen LogP contribution in [-0.4, -0.2) is 36.7 Å². The first kappa shape index (κ1) is 25.4. The summed E-state index contributed by atoms with van der Waals surface area (Å²) in [5, 5.41) is 34.0. The molecule has 38 heavy (non-hydrogen) atoms. The highest BCUT2D eigenvalue weighted by Crippen LogP contribution is 2.38.